The average molecular weight is 205 g/mol. The number of hydrogen-bond acceptors (Lipinski definition) is 3. The summed E-state index contributed by atoms with van der Waals surface area (Å²) in [5, 5.41) is 0.926. The maximum Gasteiger partial charge on any atom is 0.354 e. The van der Waals surface area contributed by atoms with Crippen molar-refractivity contribution in [3.63, 3.8) is 0 Å². The summed E-state index contributed by atoms with van der Waals surface area (Å²) in [4.78, 5) is 14.2. The number of aromatic nitrogens is 1. The zero-order chi connectivity index (χ0) is 10.8. The van der Waals surface area contributed by atoms with Crippen LogP contribution in [-0.4, -0.2) is 25.2 Å². The summed E-state index contributed by atoms with van der Waals surface area (Å²) in [7, 11) is 2.96. The third kappa shape index (κ3) is 1.66. The van der Waals surface area contributed by atoms with Gasteiger partial charge in [-0.2, -0.15) is 0 Å². The molecule has 0 saturated heterocycles. The summed E-state index contributed by atoms with van der Waals surface area (Å²) in [6.45, 7) is 0. The Hall–Kier alpha value is -1.97. The van der Waals surface area contributed by atoms with E-state index in [1.165, 1.54) is 7.11 Å². The molecule has 0 aliphatic carbocycles. The van der Waals surface area contributed by atoms with E-state index in [0.29, 0.717) is 5.69 Å². The Labute approximate surface area is 86.8 Å². The van der Waals surface area contributed by atoms with E-state index in [9.17, 15) is 4.79 Å². The molecule has 2 rings (SSSR count). The number of nitrogens with one attached hydrogen (secondary N) is 1. The van der Waals surface area contributed by atoms with E-state index >= 15 is 0 Å². The van der Waals surface area contributed by atoms with Gasteiger partial charge in [0.2, 0.25) is 0 Å². The largest absolute Gasteiger partial charge is 0.497 e. The van der Waals surface area contributed by atoms with Crippen molar-refractivity contribution in [2.24, 2.45) is 0 Å². The Morgan fingerprint density at radius 2 is 2.07 bits per heavy atom. The first kappa shape index (κ1) is 9.58. The van der Waals surface area contributed by atoms with Gasteiger partial charge in [0.1, 0.15) is 11.4 Å². The summed E-state index contributed by atoms with van der Waals surface area (Å²) < 4.78 is 9.71. The molecule has 4 nitrogen and oxygen atoms in total. The second-order valence-electron chi connectivity index (χ2n) is 3.13. The summed E-state index contributed by atoms with van der Waals surface area (Å²) in [5.41, 5.74) is 1.33. The van der Waals surface area contributed by atoms with Crippen molar-refractivity contribution in [2.45, 2.75) is 0 Å². The third-order valence-corrected chi connectivity index (χ3v) is 2.23. The van der Waals surface area contributed by atoms with Crippen molar-refractivity contribution >= 4 is 16.9 Å². The summed E-state index contributed by atoms with van der Waals surface area (Å²) >= 11 is 0. The molecule has 15 heavy (non-hydrogen) atoms. The van der Waals surface area contributed by atoms with Crippen LogP contribution in [0.4, 0.5) is 0 Å². The number of ether oxygens (including phenoxy) is 2. The van der Waals surface area contributed by atoms with E-state index in [2.05, 4.69) is 9.72 Å². The molecule has 0 radical (unpaired) electrons. The predicted molar refractivity (Wildman–Crippen MR) is 56.2 cm³/mol. The zero-order valence-corrected chi connectivity index (χ0v) is 8.53. The topological polar surface area (TPSA) is 51.3 Å². The number of fused-ring (bicyclic) bond motifs is 1. The number of aromatic amines is 1. The molecular weight excluding hydrogens is 194 g/mol. The number of esters is 1. The van der Waals surface area contributed by atoms with Crippen LogP contribution in [0.3, 0.4) is 0 Å². The molecule has 0 atom stereocenters. The number of H-pyrrole nitrogens is 1. The van der Waals surface area contributed by atoms with E-state index in [0.717, 1.165) is 16.7 Å². The lowest BCUT2D eigenvalue weighted by Gasteiger charge is -1.97. The lowest BCUT2D eigenvalue weighted by molar-refractivity contribution is 0.0595. The highest BCUT2D eigenvalue weighted by Crippen LogP contribution is 2.21. The summed E-state index contributed by atoms with van der Waals surface area (Å²) in [6, 6.07) is 7.29. The predicted octanol–water partition coefficient (Wildman–Crippen LogP) is 1.96. The molecule has 4 heteroatoms. The molecule has 0 bridgehead atoms. The quantitative estimate of drug-likeness (QED) is 0.762. The van der Waals surface area contributed by atoms with Crippen molar-refractivity contribution in [3.05, 3.63) is 30.0 Å². The molecule has 0 saturated carbocycles. The van der Waals surface area contributed by atoms with Crippen molar-refractivity contribution in [2.75, 3.05) is 14.2 Å². The summed E-state index contributed by atoms with van der Waals surface area (Å²) in [6.07, 6.45) is 0. The molecule has 0 aliphatic rings. The highest BCUT2D eigenvalue weighted by Gasteiger charge is 2.09. The fourth-order valence-corrected chi connectivity index (χ4v) is 1.46. The second-order valence-corrected chi connectivity index (χ2v) is 3.13. The van der Waals surface area contributed by atoms with Gasteiger partial charge in [-0.25, -0.2) is 4.79 Å². The van der Waals surface area contributed by atoms with Gasteiger partial charge in [0, 0.05) is 10.9 Å². The maximum absolute atomic E-state index is 11.3. The molecule has 1 aromatic carbocycles. The van der Waals surface area contributed by atoms with Crippen LogP contribution in [0.1, 0.15) is 10.5 Å². The van der Waals surface area contributed by atoms with Gasteiger partial charge in [0.25, 0.3) is 0 Å². The molecule has 0 unspecified atom stereocenters. The van der Waals surface area contributed by atoms with Crippen LogP contribution >= 0.6 is 0 Å². The number of benzene rings is 1. The van der Waals surface area contributed by atoms with Gasteiger partial charge in [-0.1, -0.05) is 0 Å². The fraction of sp³-hybridized carbons (Fsp3) is 0.182. The van der Waals surface area contributed by atoms with Crippen LogP contribution in [0.15, 0.2) is 24.3 Å². The Balaban J connectivity index is 2.51. The number of carbonyl (C=O) groups excluding carboxylic acids is 1. The van der Waals surface area contributed by atoms with E-state index in [1.807, 2.05) is 18.2 Å². The molecule has 1 aromatic heterocycles. The van der Waals surface area contributed by atoms with Gasteiger partial charge in [-0.3, -0.25) is 0 Å². The molecule has 0 aliphatic heterocycles. The SMILES string of the molecule is COC(=O)c1cc2cc(OC)ccc2[nH]1. The monoisotopic (exact) mass is 205 g/mol. The minimum atomic E-state index is -0.370. The summed E-state index contributed by atoms with van der Waals surface area (Å²) in [5.74, 6) is 0.392. The van der Waals surface area contributed by atoms with E-state index < -0.39 is 0 Å². The van der Waals surface area contributed by atoms with Gasteiger partial charge < -0.3 is 14.5 Å². The van der Waals surface area contributed by atoms with Gasteiger partial charge in [-0.05, 0) is 24.3 Å². The maximum atomic E-state index is 11.3. The molecule has 0 fully saturated rings. The van der Waals surface area contributed by atoms with Crippen LogP contribution < -0.4 is 4.74 Å². The lowest BCUT2D eigenvalue weighted by Crippen LogP contribution is -2.00. The average Bonchev–Trinajstić information content (AvgIpc) is 2.70. The molecule has 0 amide bonds. The Kier molecular flexibility index (Phi) is 2.33. The van der Waals surface area contributed by atoms with Crippen LogP contribution in [-0.2, 0) is 4.74 Å². The first-order valence-corrected chi connectivity index (χ1v) is 4.49. The highest BCUT2D eigenvalue weighted by atomic mass is 16.5. The highest BCUT2D eigenvalue weighted by molar-refractivity contribution is 5.95. The van der Waals surface area contributed by atoms with Gasteiger partial charge in [-0.15, -0.1) is 0 Å². The molecule has 0 spiro atoms. The fourth-order valence-electron chi connectivity index (χ4n) is 1.46. The number of rotatable bonds is 2. The van der Waals surface area contributed by atoms with Crippen LogP contribution in [0.25, 0.3) is 10.9 Å². The van der Waals surface area contributed by atoms with Crippen molar-refractivity contribution in [3.8, 4) is 5.75 Å². The van der Waals surface area contributed by atoms with Crippen molar-refractivity contribution in [1.29, 1.82) is 0 Å². The standard InChI is InChI=1S/C11H11NO3/c1-14-8-3-4-9-7(5-8)6-10(12-9)11(13)15-2/h3-6,12H,1-2H3. The minimum Gasteiger partial charge on any atom is -0.497 e. The zero-order valence-electron chi connectivity index (χ0n) is 8.53. The third-order valence-electron chi connectivity index (χ3n) is 2.23. The van der Waals surface area contributed by atoms with E-state index in [4.69, 9.17) is 4.74 Å². The first-order valence-electron chi connectivity index (χ1n) is 4.49. The van der Waals surface area contributed by atoms with Crippen LogP contribution in [0, 0.1) is 0 Å². The normalized spacial score (nSPS) is 10.3. The van der Waals surface area contributed by atoms with Crippen molar-refractivity contribution < 1.29 is 14.3 Å². The Morgan fingerprint density at radius 1 is 1.27 bits per heavy atom. The Bertz CT molecular complexity index is 502. The van der Waals surface area contributed by atoms with Gasteiger partial charge in [0.05, 0.1) is 14.2 Å². The van der Waals surface area contributed by atoms with Gasteiger partial charge in [0.15, 0.2) is 0 Å². The number of carbonyl (C=O) groups is 1. The first-order chi connectivity index (χ1) is 7.24. The van der Waals surface area contributed by atoms with Crippen molar-refractivity contribution in [1.82, 2.24) is 4.98 Å². The molecule has 1 N–H and O–H groups in total. The second kappa shape index (κ2) is 3.65. The number of methoxy groups -OCH3 is 2. The van der Waals surface area contributed by atoms with Crippen LogP contribution in [0.2, 0.25) is 0 Å². The smallest absolute Gasteiger partial charge is 0.354 e. The van der Waals surface area contributed by atoms with E-state index in [-0.39, 0.29) is 5.97 Å². The Morgan fingerprint density at radius 3 is 2.73 bits per heavy atom. The van der Waals surface area contributed by atoms with E-state index in [1.54, 1.807) is 13.2 Å². The minimum absolute atomic E-state index is 0.370. The molecule has 2 aromatic rings. The molecule has 78 valence electrons. The molecule has 1 heterocycles. The lowest BCUT2D eigenvalue weighted by atomic mass is 10.2. The van der Waals surface area contributed by atoms with Crippen LogP contribution in [0.5, 0.6) is 5.75 Å². The van der Waals surface area contributed by atoms with Gasteiger partial charge >= 0.3 is 5.97 Å². The number of hydrogen-bond donors (Lipinski definition) is 1. The molecular formula is C11H11NO3.